The fourth-order valence-corrected chi connectivity index (χ4v) is 0.762. The Balaban J connectivity index is 3.21. The van der Waals surface area contributed by atoms with Gasteiger partial charge >= 0.3 is 5.97 Å². The Bertz CT molecular complexity index is 232. The minimum atomic E-state index is -0.531. The first-order valence-corrected chi connectivity index (χ1v) is 4.61. The third kappa shape index (κ3) is 10.5. The van der Waals surface area contributed by atoms with Gasteiger partial charge in [-0.1, -0.05) is 0 Å². The predicted molar refractivity (Wildman–Crippen MR) is 53.0 cm³/mol. The molecule has 0 fully saturated rings. The molecule has 0 aliphatic heterocycles. The molecule has 0 saturated carbocycles. The van der Waals surface area contributed by atoms with Gasteiger partial charge in [0.05, 0.1) is 12.7 Å². The van der Waals surface area contributed by atoms with E-state index in [-0.39, 0.29) is 6.61 Å². The Morgan fingerprint density at radius 1 is 1.33 bits per heavy atom. The smallest absolute Gasteiger partial charge is 0.331 e. The van der Waals surface area contributed by atoms with Crippen LogP contribution in [0.15, 0.2) is 12.2 Å². The number of rotatable bonds is 8. The molecule has 0 aliphatic rings. The number of ether oxygens (including phenoxy) is 3. The van der Waals surface area contributed by atoms with Crippen molar-refractivity contribution in [2.45, 2.75) is 6.42 Å². The van der Waals surface area contributed by atoms with E-state index in [0.717, 1.165) is 18.6 Å². The van der Waals surface area contributed by atoms with Crippen LogP contribution < -0.4 is 0 Å². The van der Waals surface area contributed by atoms with Crippen molar-refractivity contribution in [1.82, 2.24) is 0 Å². The van der Waals surface area contributed by atoms with Gasteiger partial charge in [-0.2, -0.15) is 5.26 Å². The van der Waals surface area contributed by atoms with Gasteiger partial charge in [-0.15, -0.1) is 0 Å². The van der Waals surface area contributed by atoms with Gasteiger partial charge < -0.3 is 14.2 Å². The molecule has 0 spiro atoms. The van der Waals surface area contributed by atoms with Crippen molar-refractivity contribution in [3.8, 4) is 6.07 Å². The number of nitrogens with zero attached hydrogens (tertiary/aromatic N) is 1. The molecule has 0 aromatic carbocycles. The van der Waals surface area contributed by atoms with E-state index in [4.69, 9.17) is 19.5 Å². The summed E-state index contributed by atoms with van der Waals surface area (Å²) in [5.74, 6) is -0.531. The van der Waals surface area contributed by atoms with Crippen LogP contribution in [0, 0.1) is 11.3 Å². The average molecular weight is 213 g/mol. The van der Waals surface area contributed by atoms with E-state index in [2.05, 4.69) is 0 Å². The summed E-state index contributed by atoms with van der Waals surface area (Å²) >= 11 is 0. The summed E-state index contributed by atoms with van der Waals surface area (Å²) in [6.07, 6.45) is 2.96. The van der Waals surface area contributed by atoms with E-state index in [1.165, 1.54) is 0 Å². The predicted octanol–water partition coefficient (Wildman–Crippen LogP) is 0.662. The number of carbonyl (C=O) groups excluding carboxylic acids is 1. The van der Waals surface area contributed by atoms with Gasteiger partial charge in [-0.05, 0) is 6.42 Å². The summed E-state index contributed by atoms with van der Waals surface area (Å²) in [5.41, 5.74) is 0. The molecule has 0 bridgehead atoms. The van der Waals surface area contributed by atoms with E-state index in [1.807, 2.05) is 0 Å². The topological polar surface area (TPSA) is 68.6 Å². The Hall–Kier alpha value is -1.38. The lowest BCUT2D eigenvalue weighted by molar-refractivity contribution is -0.139. The van der Waals surface area contributed by atoms with Crippen LogP contribution in [0.1, 0.15) is 6.42 Å². The highest BCUT2D eigenvalue weighted by Crippen LogP contribution is 1.86. The molecule has 5 nitrogen and oxygen atoms in total. The van der Waals surface area contributed by atoms with E-state index in [0.29, 0.717) is 19.8 Å². The standard InChI is InChI=1S/C10H15NO4/c1-13-6-3-7-14-8-9-15-10(12)4-2-5-11/h2,4H,3,6-9H2,1H3. The van der Waals surface area contributed by atoms with Crippen LogP contribution in [0.3, 0.4) is 0 Å². The monoisotopic (exact) mass is 213 g/mol. The molecule has 0 N–H and O–H groups in total. The third-order valence-electron chi connectivity index (χ3n) is 1.40. The highest BCUT2D eigenvalue weighted by atomic mass is 16.6. The molecule has 0 radical (unpaired) electrons. The van der Waals surface area contributed by atoms with Gasteiger partial charge in [-0.25, -0.2) is 4.79 Å². The summed E-state index contributed by atoms with van der Waals surface area (Å²) in [4.78, 5) is 10.8. The molecule has 0 heterocycles. The fourth-order valence-electron chi connectivity index (χ4n) is 0.762. The van der Waals surface area contributed by atoms with E-state index in [9.17, 15) is 4.79 Å². The molecule has 0 atom stereocenters. The molecule has 0 saturated heterocycles. The average Bonchev–Trinajstić information content (AvgIpc) is 2.25. The minimum absolute atomic E-state index is 0.196. The first kappa shape index (κ1) is 13.6. The molecule has 0 rings (SSSR count). The van der Waals surface area contributed by atoms with Crippen LogP contribution in [0.25, 0.3) is 0 Å². The lowest BCUT2D eigenvalue weighted by atomic mass is 10.5. The van der Waals surface area contributed by atoms with Crippen LogP contribution in [0.2, 0.25) is 0 Å². The maximum atomic E-state index is 10.8. The van der Waals surface area contributed by atoms with Gasteiger partial charge in [0.2, 0.25) is 0 Å². The zero-order valence-electron chi connectivity index (χ0n) is 8.77. The summed E-state index contributed by atoms with van der Waals surface area (Å²) < 4.78 is 14.7. The molecular formula is C10H15NO4. The maximum absolute atomic E-state index is 10.8. The number of esters is 1. The number of carbonyl (C=O) groups is 1. The van der Waals surface area contributed by atoms with Gasteiger partial charge in [0.1, 0.15) is 6.61 Å². The molecule has 0 aliphatic carbocycles. The number of methoxy groups -OCH3 is 1. The normalized spacial score (nSPS) is 10.1. The van der Waals surface area contributed by atoms with Crippen LogP contribution in [-0.4, -0.2) is 39.5 Å². The molecular weight excluding hydrogens is 198 g/mol. The van der Waals surface area contributed by atoms with Crippen molar-refractivity contribution >= 4 is 5.97 Å². The Morgan fingerprint density at radius 2 is 2.13 bits per heavy atom. The second kappa shape index (κ2) is 10.7. The van der Waals surface area contributed by atoms with Crippen molar-refractivity contribution in [2.75, 3.05) is 33.5 Å². The Kier molecular flexibility index (Phi) is 9.71. The van der Waals surface area contributed by atoms with Crippen LogP contribution in [0.5, 0.6) is 0 Å². The fraction of sp³-hybridized carbons (Fsp3) is 0.600. The van der Waals surface area contributed by atoms with E-state index >= 15 is 0 Å². The molecule has 0 aromatic heterocycles. The zero-order valence-corrected chi connectivity index (χ0v) is 8.77. The molecule has 0 unspecified atom stereocenters. The van der Waals surface area contributed by atoms with Crippen LogP contribution >= 0.6 is 0 Å². The molecule has 0 amide bonds. The highest BCUT2D eigenvalue weighted by molar-refractivity contribution is 5.82. The van der Waals surface area contributed by atoms with E-state index in [1.54, 1.807) is 13.2 Å². The lowest BCUT2D eigenvalue weighted by Crippen LogP contribution is -2.09. The van der Waals surface area contributed by atoms with Crippen LogP contribution in [0.4, 0.5) is 0 Å². The van der Waals surface area contributed by atoms with Gasteiger partial charge in [0.25, 0.3) is 0 Å². The number of nitriles is 1. The first-order chi connectivity index (χ1) is 7.31. The van der Waals surface area contributed by atoms with Gasteiger partial charge in [0, 0.05) is 32.5 Å². The van der Waals surface area contributed by atoms with Gasteiger partial charge in [0.15, 0.2) is 0 Å². The van der Waals surface area contributed by atoms with Crippen LogP contribution in [-0.2, 0) is 19.0 Å². The number of hydrogen-bond donors (Lipinski definition) is 0. The third-order valence-corrected chi connectivity index (χ3v) is 1.40. The Labute approximate surface area is 89.2 Å². The number of allylic oxidation sites excluding steroid dienone is 1. The largest absolute Gasteiger partial charge is 0.460 e. The lowest BCUT2D eigenvalue weighted by Gasteiger charge is -2.03. The minimum Gasteiger partial charge on any atom is -0.460 e. The zero-order chi connectivity index (χ0) is 11.4. The SMILES string of the molecule is COCCCOCCOC(=O)C=CC#N. The summed E-state index contributed by atoms with van der Waals surface area (Å²) in [5, 5.41) is 8.13. The van der Waals surface area contributed by atoms with Crippen molar-refractivity contribution < 1.29 is 19.0 Å². The van der Waals surface area contributed by atoms with Crippen molar-refractivity contribution in [3.05, 3.63) is 12.2 Å². The summed E-state index contributed by atoms with van der Waals surface area (Å²) in [6.45, 7) is 1.79. The first-order valence-electron chi connectivity index (χ1n) is 4.61. The summed E-state index contributed by atoms with van der Waals surface area (Å²) in [7, 11) is 1.63. The van der Waals surface area contributed by atoms with Gasteiger partial charge in [-0.3, -0.25) is 0 Å². The van der Waals surface area contributed by atoms with Crippen molar-refractivity contribution in [3.63, 3.8) is 0 Å². The van der Waals surface area contributed by atoms with E-state index < -0.39 is 5.97 Å². The molecule has 84 valence electrons. The Morgan fingerprint density at radius 3 is 2.80 bits per heavy atom. The molecule has 0 aromatic rings. The second-order valence-electron chi connectivity index (χ2n) is 2.59. The maximum Gasteiger partial charge on any atom is 0.331 e. The van der Waals surface area contributed by atoms with Crippen molar-refractivity contribution in [1.29, 1.82) is 5.26 Å². The second-order valence-corrected chi connectivity index (χ2v) is 2.59. The van der Waals surface area contributed by atoms with Crippen molar-refractivity contribution in [2.24, 2.45) is 0 Å². The molecule has 15 heavy (non-hydrogen) atoms. The quantitative estimate of drug-likeness (QED) is 0.256. The number of hydrogen-bond acceptors (Lipinski definition) is 5. The molecule has 5 heteroatoms. The highest BCUT2D eigenvalue weighted by Gasteiger charge is 1.95. The summed E-state index contributed by atoms with van der Waals surface area (Å²) in [6, 6.07) is 1.70.